The molecule has 6 rings (SSSR count). The Bertz CT molecular complexity index is 1070. The summed E-state index contributed by atoms with van der Waals surface area (Å²) in [4.78, 5) is 15.5. The summed E-state index contributed by atoms with van der Waals surface area (Å²) in [6.07, 6.45) is 3.59. The van der Waals surface area contributed by atoms with Crippen molar-refractivity contribution in [2.45, 2.75) is 63.3 Å². The van der Waals surface area contributed by atoms with Gasteiger partial charge < -0.3 is 4.74 Å². The Morgan fingerprint density at radius 1 is 1.09 bits per heavy atom. The first kappa shape index (κ1) is 22.1. The van der Waals surface area contributed by atoms with Gasteiger partial charge in [0.2, 0.25) is 5.91 Å². The van der Waals surface area contributed by atoms with Crippen LogP contribution in [0.25, 0.3) is 0 Å². The number of halogens is 1. The molecular weight excluding hydrogens is 433 g/mol. The molecule has 7 nitrogen and oxygen atoms in total. The van der Waals surface area contributed by atoms with Gasteiger partial charge in [0.15, 0.2) is 0 Å². The molecule has 3 saturated heterocycles. The van der Waals surface area contributed by atoms with Crippen LogP contribution in [0.15, 0.2) is 36.4 Å². The monoisotopic (exact) mass is 465 g/mol. The lowest BCUT2D eigenvalue weighted by atomic mass is 9.89. The molecule has 3 unspecified atom stereocenters. The predicted molar refractivity (Wildman–Crippen MR) is 127 cm³/mol. The lowest BCUT2D eigenvalue weighted by molar-refractivity contribution is -0.121. The van der Waals surface area contributed by atoms with Gasteiger partial charge in [-0.2, -0.15) is 0 Å². The number of nitrogens with one attached hydrogen (secondary N) is 3. The van der Waals surface area contributed by atoms with E-state index in [2.05, 4.69) is 39.4 Å². The minimum atomic E-state index is -0.392. The highest BCUT2D eigenvalue weighted by Crippen LogP contribution is 2.34. The molecule has 4 aliphatic heterocycles. The highest BCUT2D eigenvalue weighted by molar-refractivity contribution is 5.94. The van der Waals surface area contributed by atoms with Crippen LogP contribution in [0.3, 0.4) is 0 Å². The number of anilines is 1. The van der Waals surface area contributed by atoms with Crippen molar-refractivity contribution in [3.63, 3.8) is 0 Å². The molecule has 2 aromatic rings. The molecule has 180 valence electrons. The summed E-state index contributed by atoms with van der Waals surface area (Å²) in [6, 6.07) is 12.1. The molecule has 4 aliphatic rings. The van der Waals surface area contributed by atoms with Crippen LogP contribution in [0, 0.1) is 12.7 Å². The molecule has 0 saturated carbocycles. The van der Waals surface area contributed by atoms with Crippen molar-refractivity contribution in [3.8, 4) is 0 Å². The van der Waals surface area contributed by atoms with Gasteiger partial charge in [0.25, 0.3) is 0 Å². The lowest BCUT2D eigenvalue weighted by Gasteiger charge is -2.39. The SMILES string of the molecule is Cc1cccc(F)c1N1NC2C(CC1=O)NNC2c1ccc2c(c1)CN(C1CCOCC1)CC2. The lowest BCUT2D eigenvalue weighted by Crippen LogP contribution is -2.60. The molecule has 0 radical (unpaired) electrons. The Hall–Kier alpha value is -2.36. The third kappa shape index (κ3) is 3.93. The number of aryl methyl sites for hydroxylation is 1. The van der Waals surface area contributed by atoms with E-state index in [4.69, 9.17) is 4.74 Å². The average Bonchev–Trinajstić information content (AvgIpc) is 3.26. The van der Waals surface area contributed by atoms with Gasteiger partial charge in [0.1, 0.15) is 5.82 Å². The number of benzene rings is 2. The summed E-state index contributed by atoms with van der Waals surface area (Å²) in [6.45, 7) is 5.62. The molecule has 3 N–H and O–H groups in total. The number of fused-ring (bicyclic) bond motifs is 2. The Morgan fingerprint density at radius 3 is 2.76 bits per heavy atom. The number of hydrogen-bond acceptors (Lipinski definition) is 6. The van der Waals surface area contributed by atoms with E-state index in [1.807, 2.05) is 13.0 Å². The fourth-order valence-electron chi connectivity index (χ4n) is 5.99. The summed E-state index contributed by atoms with van der Waals surface area (Å²) < 4.78 is 20.2. The molecule has 3 fully saturated rings. The number of hydrazine groups is 2. The first-order valence-corrected chi connectivity index (χ1v) is 12.4. The number of para-hydroxylation sites is 1. The van der Waals surface area contributed by atoms with E-state index < -0.39 is 5.82 Å². The topological polar surface area (TPSA) is 68.9 Å². The molecule has 34 heavy (non-hydrogen) atoms. The second kappa shape index (κ2) is 9.02. The van der Waals surface area contributed by atoms with Crippen molar-refractivity contribution in [1.82, 2.24) is 21.2 Å². The number of nitrogens with zero attached hydrogens (tertiary/aromatic N) is 2. The summed E-state index contributed by atoms with van der Waals surface area (Å²) in [5, 5.41) is 1.42. The highest BCUT2D eigenvalue weighted by atomic mass is 19.1. The average molecular weight is 466 g/mol. The van der Waals surface area contributed by atoms with Crippen LogP contribution in [-0.2, 0) is 22.5 Å². The van der Waals surface area contributed by atoms with Crippen LogP contribution in [-0.4, -0.2) is 48.7 Å². The third-order valence-electron chi connectivity index (χ3n) is 7.89. The molecular formula is C26H32FN5O2. The van der Waals surface area contributed by atoms with Crippen LogP contribution in [0.1, 0.15) is 47.6 Å². The number of amides is 1. The highest BCUT2D eigenvalue weighted by Gasteiger charge is 2.44. The zero-order chi connectivity index (χ0) is 23.2. The minimum absolute atomic E-state index is 0.0311. The summed E-state index contributed by atoms with van der Waals surface area (Å²) in [5.74, 6) is -0.529. The van der Waals surface area contributed by atoms with Gasteiger partial charge in [0.05, 0.1) is 17.8 Å². The largest absolute Gasteiger partial charge is 0.381 e. The van der Waals surface area contributed by atoms with Gasteiger partial charge in [-0.05, 0) is 54.5 Å². The van der Waals surface area contributed by atoms with Gasteiger partial charge in [-0.25, -0.2) is 20.3 Å². The number of carbonyl (C=O) groups is 1. The molecule has 0 spiro atoms. The van der Waals surface area contributed by atoms with Crippen LogP contribution in [0.4, 0.5) is 10.1 Å². The standard InChI is InChI=1S/C26H32FN5O2/c1-16-3-2-4-21(27)26(16)32-23(33)14-22-25(30-32)24(29-28-22)18-6-5-17-7-10-31(15-19(17)13-18)20-8-11-34-12-9-20/h2-6,13,20,22,24-25,28-30H,7-12,14-15H2,1H3. The molecule has 4 heterocycles. The summed E-state index contributed by atoms with van der Waals surface area (Å²) in [5.41, 5.74) is 15.1. The van der Waals surface area contributed by atoms with E-state index in [-0.39, 0.29) is 24.0 Å². The first-order valence-electron chi connectivity index (χ1n) is 12.4. The maximum atomic E-state index is 14.7. The van der Waals surface area contributed by atoms with Crippen LogP contribution in [0.2, 0.25) is 0 Å². The Balaban J connectivity index is 1.24. The van der Waals surface area contributed by atoms with E-state index in [1.165, 1.54) is 27.8 Å². The predicted octanol–water partition coefficient (Wildman–Crippen LogP) is 2.50. The van der Waals surface area contributed by atoms with Gasteiger partial charge in [-0.1, -0.05) is 30.3 Å². The summed E-state index contributed by atoms with van der Waals surface area (Å²) in [7, 11) is 0. The number of hydrogen-bond donors (Lipinski definition) is 3. The van der Waals surface area contributed by atoms with E-state index in [0.29, 0.717) is 18.2 Å². The van der Waals surface area contributed by atoms with Crippen LogP contribution in [0.5, 0.6) is 0 Å². The Labute approximate surface area is 199 Å². The maximum absolute atomic E-state index is 14.7. The van der Waals surface area contributed by atoms with Crippen molar-refractivity contribution in [2.24, 2.45) is 0 Å². The Morgan fingerprint density at radius 2 is 1.94 bits per heavy atom. The van der Waals surface area contributed by atoms with Crippen molar-refractivity contribution in [3.05, 3.63) is 64.5 Å². The van der Waals surface area contributed by atoms with E-state index in [0.717, 1.165) is 51.1 Å². The zero-order valence-electron chi connectivity index (χ0n) is 19.5. The van der Waals surface area contributed by atoms with Gasteiger partial charge >= 0.3 is 0 Å². The third-order valence-corrected chi connectivity index (χ3v) is 7.89. The second-order valence-corrected chi connectivity index (χ2v) is 9.96. The fourth-order valence-corrected chi connectivity index (χ4v) is 5.99. The van der Waals surface area contributed by atoms with E-state index in [9.17, 15) is 9.18 Å². The van der Waals surface area contributed by atoms with Crippen molar-refractivity contribution >= 4 is 11.6 Å². The Kier molecular flexibility index (Phi) is 5.87. The zero-order valence-corrected chi connectivity index (χ0v) is 19.5. The second-order valence-electron chi connectivity index (χ2n) is 9.96. The smallest absolute Gasteiger partial charge is 0.243 e. The van der Waals surface area contributed by atoms with Crippen LogP contribution >= 0.6 is 0 Å². The maximum Gasteiger partial charge on any atom is 0.243 e. The van der Waals surface area contributed by atoms with Gasteiger partial charge in [-0.3, -0.25) is 15.1 Å². The normalized spacial score (nSPS) is 28.1. The number of rotatable bonds is 3. The van der Waals surface area contributed by atoms with Crippen LogP contribution < -0.4 is 21.3 Å². The molecule has 0 aliphatic carbocycles. The molecule has 3 atom stereocenters. The van der Waals surface area contributed by atoms with Crippen molar-refractivity contribution < 1.29 is 13.9 Å². The van der Waals surface area contributed by atoms with E-state index in [1.54, 1.807) is 6.07 Å². The van der Waals surface area contributed by atoms with Gasteiger partial charge in [0, 0.05) is 44.8 Å². The van der Waals surface area contributed by atoms with E-state index >= 15 is 0 Å². The quantitative estimate of drug-likeness (QED) is 0.647. The van der Waals surface area contributed by atoms with Gasteiger partial charge in [-0.15, -0.1) is 0 Å². The fraction of sp³-hybridized carbons (Fsp3) is 0.500. The molecule has 0 bridgehead atoms. The molecule has 8 heteroatoms. The van der Waals surface area contributed by atoms with Crippen molar-refractivity contribution in [2.75, 3.05) is 24.8 Å². The molecule has 0 aromatic heterocycles. The number of ether oxygens (including phenoxy) is 1. The first-order chi connectivity index (χ1) is 16.6. The number of carbonyl (C=O) groups excluding carboxylic acids is 1. The minimum Gasteiger partial charge on any atom is -0.381 e. The summed E-state index contributed by atoms with van der Waals surface area (Å²) >= 11 is 0. The van der Waals surface area contributed by atoms with Crippen molar-refractivity contribution in [1.29, 1.82) is 0 Å². The molecule has 1 amide bonds. The molecule has 2 aromatic carbocycles.